The van der Waals surface area contributed by atoms with Gasteiger partial charge in [0.05, 0.1) is 12.2 Å². The summed E-state index contributed by atoms with van der Waals surface area (Å²) in [7, 11) is 0. The van der Waals surface area contributed by atoms with E-state index >= 15 is 0 Å². The van der Waals surface area contributed by atoms with Crippen LogP contribution in [0, 0.1) is 11.3 Å². The molecule has 0 saturated carbocycles. The average Bonchev–Trinajstić information content (AvgIpc) is 3.05. The molecule has 3 rings (SSSR count). The predicted molar refractivity (Wildman–Crippen MR) is 111 cm³/mol. The van der Waals surface area contributed by atoms with Crippen LogP contribution in [-0.4, -0.2) is 18.5 Å². The van der Waals surface area contributed by atoms with E-state index in [-0.39, 0.29) is 12.2 Å². The SMILES string of the molecule is CCOC(=O)c1c(NC(=O)/C(C#N)=C\c2ccc(Cl)cc2)sc2c1CCCC2. The fourth-order valence-corrected chi connectivity index (χ4v) is 4.52. The summed E-state index contributed by atoms with van der Waals surface area (Å²) in [5.74, 6) is -0.987. The van der Waals surface area contributed by atoms with Crippen molar-refractivity contribution in [3.8, 4) is 6.07 Å². The van der Waals surface area contributed by atoms with Crippen LogP contribution in [0.2, 0.25) is 5.02 Å². The van der Waals surface area contributed by atoms with Crippen molar-refractivity contribution in [1.29, 1.82) is 5.26 Å². The van der Waals surface area contributed by atoms with E-state index in [0.717, 1.165) is 36.1 Å². The van der Waals surface area contributed by atoms with E-state index in [1.54, 1.807) is 31.2 Å². The molecule has 0 atom stereocenters. The Balaban J connectivity index is 1.90. The molecule has 7 heteroatoms. The highest BCUT2D eigenvalue weighted by molar-refractivity contribution is 7.17. The first-order valence-corrected chi connectivity index (χ1v) is 10.2. The standard InChI is InChI=1S/C21H19ClN2O3S/c1-2-27-21(26)18-16-5-3-4-6-17(16)28-20(18)24-19(25)14(12-23)11-13-7-9-15(22)10-8-13/h7-11H,2-6H2,1H3,(H,24,25)/b14-11-. The lowest BCUT2D eigenvalue weighted by atomic mass is 9.95. The van der Waals surface area contributed by atoms with Gasteiger partial charge in [0.15, 0.2) is 0 Å². The Hall–Kier alpha value is -2.62. The Morgan fingerprint density at radius 1 is 1.29 bits per heavy atom. The maximum atomic E-state index is 12.7. The van der Waals surface area contributed by atoms with Crippen LogP contribution in [0.3, 0.4) is 0 Å². The molecule has 1 amide bonds. The van der Waals surface area contributed by atoms with Crippen molar-refractivity contribution >= 4 is 45.9 Å². The lowest BCUT2D eigenvalue weighted by molar-refractivity contribution is -0.112. The smallest absolute Gasteiger partial charge is 0.341 e. The molecule has 1 aromatic heterocycles. The van der Waals surface area contributed by atoms with Crippen molar-refractivity contribution in [2.24, 2.45) is 0 Å². The van der Waals surface area contributed by atoms with Gasteiger partial charge in [0.1, 0.15) is 16.6 Å². The molecule has 0 fully saturated rings. The van der Waals surface area contributed by atoms with Gasteiger partial charge in [-0.2, -0.15) is 5.26 Å². The number of halogens is 1. The summed E-state index contributed by atoms with van der Waals surface area (Å²) < 4.78 is 5.19. The van der Waals surface area contributed by atoms with Gasteiger partial charge in [0.2, 0.25) is 0 Å². The summed E-state index contributed by atoms with van der Waals surface area (Å²) in [5, 5.41) is 13.2. The molecule has 0 radical (unpaired) electrons. The second-order valence-corrected chi connectivity index (χ2v) is 7.85. The number of hydrogen-bond acceptors (Lipinski definition) is 5. The van der Waals surface area contributed by atoms with Crippen LogP contribution in [0.1, 0.15) is 46.1 Å². The number of thiophene rings is 1. The molecule has 0 bridgehead atoms. The minimum atomic E-state index is -0.554. The minimum absolute atomic E-state index is 0.0523. The van der Waals surface area contributed by atoms with Crippen molar-refractivity contribution in [1.82, 2.24) is 0 Å². The van der Waals surface area contributed by atoms with Crippen molar-refractivity contribution in [3.63, 3.8) is 0 Å². The van der Waals surface area contributed by atoms with Gasteiger partial charge in [-0.15, -0.1) is 11.3 Å². The number of hydrogen-bond donors (Lipinski definition) is 1. The predicted octanol–water partition coefficient (Wildman–Crippen LogP) is 5.00. The third-order valence-electron chi connectivity index (χ3n) is 4.42. The van der Waals surface area contributed by atoms with Crippen molar-refractivity contribution < 1.29 is 14.3 Å². The summed E-state index contributed by atoms with van der Waals surface area (Å²) in [4.78, 5) is 26.3. The van der Waals surface area contributed by atoms with Crippen LogP contribution >= 0.6 is 22.9 Å². The number of esters is 1. The number of nitrogens with zero attached hydrogens (tertiary/aromatic N) is 1. The lowest BCUT2D eigenvalue weighted by Gasteiger charge is -2.12. The fourth-order valence-electron chi connectivity index (χ4n) is 3.12. The van der Waals surface area contributed by atoms with Crippen molar-refractivity contribution in [2.45, 2.75) is 32.6 Å². The third-order valence-corrected chi connectivity index (χ3v) is 5.88. The summed E-state index contributed by atoms with van der Waals surface area (Å²) in [6.07, 6.45) is 5.23. The van der Waals surface area contributed by atoms with Crippen LogP contribution in [0.5, 0.6) is 0 Å². The number of carbonyl (C=O) groups excluding carboxylic acids is 2. The molecule has 1 N–H and O–H groups in total. The quantitative estimate of drug-likeness (QED) is 0.424. The van der Waals surface area contributed by atoms with Gasteiger partial charge < -0.3 is 10.1 Å². The summed E-state index contributed by atoms with van der Waals surface area (Å²) in [6.45, 7) is 2.01. The molecule has 1 aromatic carbocycles. The van der Waals surface area contributed by atoms with E-state index in [1.807, 2.05) is 6.07 Å². The van der Waals surface area contributed by atoms with E-state index < -0.39 is 11.9 Å². The average molecular weight is 415 g/mol. The third kappa shape index (κ3) is 4.44. The van der Waals surface area contributed by atoms with Gasteiger partial charge >= 0.3 is 5.97 Å². The molecule has 1 heterocycles. The van der Waals surface area contributed by atoms with E-state index in [2.05, 4.69) is 5.32 Å². The molecule has 1 aliphatic carbocycles. The molecule has 5 nitrogen and oxygen atoms in total. The lowest BCUT2D eigenvalue weighted by Crippen LogP contribution is -2.16. The molecule has 2 aromatic rings. The Morgan fingerprint density at radius 3 is 2.68 bits per heavy atom. The summed E-state index contributed by atoms with van der Waals surface area (Å²) >= 11 is 7.26. The number of carbonyl (C=O) groups is 2. The topological polar surface area (TPSA) is 79.2 Å². The Labute approximate surface area is 172 Å². The van der Waals surface area contributed by atoms with Gasteiger partial charge in [0, 0.05) is 9.90 Å². The second kappa shape index (κ2) is 9.05. The highest BCUT2D eigenvalue weighted by Gasteiger charge is 2.27. The van der Waals surface area contributed by atoms with Crippen molar-refractivity contribution in [3.05, 3.63) is 56.4 Å². The number of anilines is 1. The van der Waals surface area contributed by atoms with E-state index in [4.69, 9.17) is 16.3 Å². The number of nitriles is 1. The molecule has 0 saturated heterocycles. The van der Waals surface area contributed by atoms with E-state index in [1.165, 1.54) is 17.4 Å². The van der Waals surface area contributed by atoms with Crippen LogP contribution in [0.15, 0.2) is 29.8 Å². The minimum Gasteiger partial charge on any atom is -0.462 e. The molecule has 1 aliphatic rings. The van der Waals surface area contributed by atoms with Crippen LogP contribution in [0.4, 0.5) is 5.00 Å². The second-order valence-electron chi connectivity index (χ2n) is 6.31. The number of fused-ring (bicyclic) bond motifs is 1. The fraction of sp³-hybridized carbons (Fsp3) is 0.286. The first kappa shape index (κ1) is 20.1. The highest BCUT2D eigenvalue weighted by atomic mass is 35.5. The maximum absolute atomic E-state index is 12.7. The van der Waals surface area contributed by atoms with Gasteiger partial charge in [-0.1, -0.05) is 23.7 Å². The van der Waals surface area contributed by atoms with Gasteiger partial charge in [-0.05, 0) is 61.9 Å². The highest BCUT2D eigenvalue weighted by Crippen LogP contribution is 2.38. The van der Waals surface area contributed by atoms with Gasteiger partial charge in [-0.3, -0.25) is 4.79 Å². The zero-order chi connectivity index (χ0) is 20.1. The zero-order valence-corrected chi connectivity index (χ0v) is 17.0. The first-order valence-electron chi connectivity index (χ1n) is 9.03. The molecular formula is C21H19ClN2O3S. The van der Waals surface area contributed by atoms with Crippen molar-refractivity contribution in [2.75, 3.05) is 11.9 Å². The molecule has 0 spiro atoms. The number of rotatable bonds is 5. The molecule has 0 aliphatic heterocycles. The summed E-state index contributed by atoms with van der Waals surface area (Å²) in [6, 6.07) is 8.75. The van der Waals surface area contributed by atoms with Crippen LogP contribution in [-0.2, 0) is 22.4 Å². The van der Waals surface area contributed by atoms with Gasteiger partial charge in [-0.25, -0.2) is 4.79 Å². The molecule has 0 unspecified atom stereocenters. The normalized spacial score (nSPS) is 13.4. The van der Waals surface area contributed by atoms with Crippen LogP contribution < -0.4 is 5.32 Å². The number of ether oxygens (including phenoxy) is 1. The molecular weight excluding hydrogens is 396 g/mol. The number of amides is 1. The van der Waals surface area contributed by atoms with Gasteiger partial charge in [0.25, 0.3) is 5.91 Å². The largest absolute Gasteiger partial charge is 0.462 e. The zero-order valence-electron chi connectivity index (χ0n) is 15.4. The Morgan fingerprint density at radius 2 is 2.00 bits per heavy atom. The molecule has 144 valence electrons. The Bertz CT molecular complexity index is 971. The monoisotopic (exact) mass is 414 g/mol. The van der Waals surface area contributed by atoms with E-state index in [9.17, 15) is 14.9 Å². The Kier molecular flexibility index (Phi) is 6.50. The first-order chi connectivity index (χ1) is 13.5. The van der Waals surface area contributed by atoms with E-state index in [0.29, 0.717) is 21.2 Å². The molecule has 28 heavy (non-hydrogen) atoms. The van der Waals surface area contributed by atoms with Crippen LogP contribution in [0.25, 0.3) is 6.08 Å². The number of benzene rings is 1. The maximum Gasteiger partial charge on any atom is 0.341 e. The number of nitrogens with one attached hydrogen (secondary N) is 1. The summed E-state index contributed by atoms with van der Waals surface area (Å²) in [5.41, 5.74) is 2.03. The number of aryl methyl sites for hydroxylation is 1.